The van der Waals surface area contributed by atoms with E-state index >= 15 is 0 Å². The van der Waals surface area contributed by atoms with Gasteiger partial charge >= 0.3 is 0 Å². The van der Waals surface area contributed by atoms with E-state index in [0.717, 1.165) is 16.6 Å². The Morgan fingerprint density at radius 2 is 2.29 bits per heavy atom. The third-order valence-corrected chi connectivity index (χ3v) is 5.50. The molecule has 1 saturated carbocycles. The smallest absolute Gasteiger partial charge is 0.0956 e. The van der Waals surface area contributed by atoms with E-state index in [4.69, 9.17) is 5.73 Å². The molecule has 4 heteroatoms. The molecule has 112 valence electrons. The molecule has 21 heavy (non-hydrogen) atoms. The summed E-state index contributed by atoms with van der Waals surface area (Å²) in [5, 5.41) is 0. The van der Waals surface area contributed by atoms with Crippen molar-refractivity contribution in [2.75, 3.05) is 6.54 Å². The standard InChI is InChI=1S/C17H22BrN3/c1-13-5-2-3-8-17(13,11-19)21-12-20-10-16(21)14-6-4-7-15(18)9-14/h4,6-7,9-10,12-13H,2-3,5,8,11,19H2,1H3. The molecule has 0 spiro atoms. The lowest BCUT2D eigenvalue weighted by molar-refractivity contribution is 0.127. The third kappa shape index (κ3) is 2.55. The van der Waals surface area contributed by atoms with Crippen molar-refractivity contribution in [1.29, 1.82) is 0 Å². The number of hydrogen-bond donors (Lipinski definition) is 1. The molecule has 1 aromatic heterocycles. The summed E-state index contributed by atoms with van der Waals surface area (Å²) in [6.07, 6.45) is 8.86. The van der Waals surface area contributed by atoms with Crippen LogP contribution in [-0.2, 0) is 5.54 Å². The minimum atomic E-state index is 0.00635. The van der Waals surface area contributed by atoms with Crippen molar-refractivity contribution in [2.24, 2.45) is 11.7 Å². The molecule has 2 aromatic rings. The molecule has 3 nitrogen and oxygen atoms in total. The van der Waals surface area contributed by atoms with Gasteiger partial charge in [-0.1, -0.05) is 47.8 Å². The SMILES string of the molecule is CC1CCCCC1(CN)n1cncc1-c1cccc(Br)c1. The molecule has 0 bridgehead atoms. The number of aromatic nitrogens is 2. The van der Waals surface area contributed by atoms with Crippen LogP contribution in [0.1, 0.15) is 32.6 Å². The maximum atomic E-state index is 6.24. The third-order valence-electron chi connectivity index (χ3n) is 5.01. The normalized spacial score (nSPS) is 26.0. The fourth-order valence-corrected chi connectivity index (χ4v) is 4.07. The first-order chi connectivity index (χ1) is 10.2. The van der Waals surface area contributed by atoms with Gasteiger partial charge < -0.3 is 10.3 Å². The van der Waals surface area contributed by atoms with E-state index in [1.165, 1.54) is 24.8 Å². The number of nitrogens with two attached hydrogens (primary N) is 1. The number of benzene rings is 1. The minimum Gasteiger partial charge on any atom is -0.328 e. The van der Waals surface area contributed by atoms with Crippen molar-refractivity contribution < 1.29 is 0 Å². The average Bonchev–Trinajstić information content (AvgIpc) is 2.98. The number of hydrogen-bond acceptors (Lipinski definition) is 2. The second-order valence-electron chi connectivity index (χ2n) is 6.11. The van der Waals surface area contributed by atoms with Crippen molar-refractivity contribution in [3.63, 3.8) is 0 Å². The van der Waals surface area contributed by atoms with Gasteiger partial charge in [0.15, 0.2) is 0 Å². The van der Waals surface area contributed by atoms with E-state index in [-0.39, 0.29) is 5.54 Å². The Labute approximate surface area is 134 Å². The van der Waals surface area contributed by atoms with Crippen molar-refractivity contribution >= 4 is 15.9 Å². The summed E-state index contributed by atoms with van der Waals surface area (Å²) in [7, 11) is 0. The van der Waals surface area contributed by atoms with E-state index in [0.29, 0.717) is 12.5 Å². The van der Waals surface area contributed by atoms with Crippen molar-refractivity contribution in [1.82, 2.24) is 9.55 Å². The largest absolute Gasteiger partial charge is 0.328 e. The molecule has 0 radical (unpaired) electrons. The first kappa shape index (κ1) is 14.8. The van der Waals surface area contributed by atoms with Gasteiger partial charge in [-0.3, -0.25) is 0 Å². The predicted molar refractivity (Wildman–Crippen MR) is 90.0 cm³/mol. The van der Waals surface area contributed by atoms with Crippen LogP contribution in [0.15, 0.2) is 41.3 Å². The van der Waals surface area contributed by atoms with Gasteiger partial charge in [-0.2, -0.15) is 0 Å². The monoisotopic (exact) mass is 347 g/mol. The van der Waals surface area contributed by atoms with Crippen molar-refractivity contribution in [3.8, 4) is 11.3 Å². The fourth-order valence-electron chi connectivity index (χ4n) is 3.67. The van der Waals surface area contributed by atoms with Gasteiger partial charge in [-0.15, -0.1) is 0 Å². The fraction of sp³-hybridized carbons (Fsp3) is 0.471. The molecular formula is C17H22BrN3. The number of rotatable bonds is 3. The van der Waals surface area contributed by atoms with Crippen LogP contribution in [0, 0.1) is 5.92 Å². The zero-order chi connectivity index (χ0) is 14.9. The summed E-state index contributed by atoms with van der Waals surface area (Å²) in [6.45, 7) is 3.00. The summed E-state index contributed by atoms with van der Waals surface area (Å²) in [6, 6.07) is 8.39. The summed E-state index contributed by atoms with van der Waals surface area (Å²) in [5.74, 6) is 0.580. The summed E-state index contributed by atoms with van der Waals surface area (Å²) in [4.78, 5) is 4.42. The first-order valence-corrected chi connectivity index (χ1v) is 8.45. The van der Waals surface area contributed by atoms with Crippen LogP contribution in [0.3, 0.4) is 0 Å². The lowest BCUT2D eigenvalue weighted by atomic mass is 9.73. The molecule has 0 saturated heterocycles. The van der Waals surface area contributed by atoms with Crippen LogP contribution in [-0.4, -0.2) is 16.1 Å². The minimum absolute atomic E-state index is 0.00635. The zero-order valence-electron chi connectivity index (χ0n) is 12.4. The predicted octanol–water partition coefficient (Wildman–Crippen LogP) is 4.18. The number of imidazole rings is 1. The van der Waals surface area contributed by atoms with E-state index in [9.17, 15) is 0 Å². The van der Waals surface area contributed by atoms with Gasteiger partial charge in [0, 0.05) is 16.6 Å². The van der Waals surface area contributed by atoms with Crippen LogP contribution in [0.4, 0.5) is 0 Å². The first-order valence-electron chi connectivity index (χ1n) is 7.66. The molecule has 0 aliphatic heterocycles. The van der Waals surface area contributed by atoms with Crippen LogP contribution in [0.25, 0.3) is 11.3 Å². The highest BCUT2D eigenvalue weighted by atomic mass is 79.9. The van der Waals surface area contributed by atoms with Crippen molar-refractivity contribution in [3.05, 3.63) is 41.3 Å². The van der Waals surface area contributed by atoms with Gasteiger partial charge in [-0.25, -0.2) is 4.98 Å². The Morgan fingerprint density at radius 1 is 1.43 bits per heavy atom. The quantitative estimate of drug-likeness (QED) is 0.904. The lowest BCUT2D eigenvalue weighted by Gasteiger charge is -2.44. The summed E-state index contributed by atoms with van der Waals surface area (Å²) in [5.41, 5.74) is 8.60. The van der Waals surface area contributed by atoms with Gasteiger partial charge in [0.05, 0.1) is 23.8 Å². The van der Waals surface area contributed by atoms with Crippen LogP contribution in [0.5, 0.6) is 0 Å². The van der Waals surface area contributed by atoms with Crippen molar-refractivity contribution in [2.45, 2.75) is 38.1 Å². The molecule has 2 atom stereocenters. The molecular weight excluding hydrogens is 326 g/mol. The summed E-state index contributed by atoms with van der Waals surface area (Å²) < 4.78 is 3.42. The molecule has 2 unspecified atom stereocenters. The maximum absolute atomic E-state index is 6.24. The molecule has 0 amide bonds. The van der Waals surface area contributed by atoms with Crippen LogP contribution in [0.2, 0.25) is 0 Å². The van der Waals surface area contributed by atoms with Gasteiger partial charge in [-0.05, 0) is 30.9 Å². The molecule has 1 heterocycles. The highest BCUT2D eigenvalue weighted by Gasteiger charge is 2.39. The Hall–Kier alpha value is -1.13. The average molecular weight is 348 g/mol. The van der Waals surface area contributed by atoms with E-state index < -0.39 is 0 Å². The van der Waals surface area contributed by atoms with Crippen LogP contribution < -0.4 is 5.73 Å². The van der Waals surface area contributed by atoms with Crippen LogP contribution >= 0.6 is 15.9 Å². The zero-order valence-corrected chi connectivity index (χ0v) is 14.0. The number of halogens is 1. The Balaban J connectivity index is 2.09. The molecule has 2 N–H and O–H groups in total. The topological polar surface area (TPSA) is 43.8 Å². The Kier molecular flexibility index (Phi) is 4.18. The molecule has 1 aromatic carbocycles. The van der Waals surface area contributed by atoms with Gasteiger partial charge in [0.25, 0.3) is 0 Å². The Morgan fingerprint density at radius 3 is 3.00 bits per heavy atom. The Bertz CT molecular complexity index is 622. The number of nitrogens with zero attached hydrogens (tertiary/aromatic N) is 2. The van der Waals surface area contributed by atoms with E-state index in [2.05, 4.69) is 50.6 Å². The molecule has 1 fully saturated rings. The molecule has 1 aliphatic rings. The van der Waals surface area contributed by atoms with E-state index in [1.807, 2.05) is 18.6 Å². The highest BCUT2D eigenvalue weighted by Crippen LogP contribution is 2.41. The second kappa shape index (κ2) is 5.93. The maximum Gasteiger partial charge on any atom is 0.0956 e. The molecule has 1 aliphatic carbocycles. The van der Waals surface area contributed by atoms with Gasteiger partial charge in [0.2, 0.25) is 0 Å². The second-order valence-corrected chi connectivity index (χ2v) is 7.03. The summed E-state index contributed by atoms with van der Waals surface area (Å²) >= 11 is 3.56. The van der Waals surface area contributed by atoms with Gasteiger partial charge in [0.1, 0.15) is 0 Å². The molecule has 3 rings (SSSR count). The highest BCUT2D eigenvalue weighted by molar-refractivity contribution is 9.10. The van der Waals surface area contributed by atoms with E-state index in [1.54, 1.807) is 0 Å². The lowest BCUT2D eigenvalue weighted by Crippen LogP contribution is -2.48.